The van der Waals surface area contributed by atoms with E-state index in [0.29, 0.717) is 0 Å². The molecule has 1 aromatic heterocycles. The zero-order valence-corrected chi connectivity index (χ0v) is 44.9. The highest BCUT2D eigenvalue weighted by molar-refractivity contribution is 7.98. The van der Waals surface area contributed by atoms with E-state index in [1.165, 1.54) is 71.0 Å². The maximum Gasteiger partial charge on any atom is 0.0483 e. The van der Waals surface area contributed by atoms with E-state index in [9.17, 15) is 0 Å². The van der Waals surface area contributed by atoms with Crippen molar-refractivity contribution in [1.29, 1.82) is 0 Å². The van der Waals surface area contributed by atoms with Gasteiger partial charge in [0.1, 0.15) is 0 Å². The molecule has 0 saturated heterocycles. The summed E-state index contributed by atoms with van der Waals surface area (Å²) >= 11 is 1.90. The molecule has 0 unspecified atom stereocenters. The molecular weight excluding hydrogens is 735 g/mol. The van der Waals surface area contributed by atoms with Crippen LogP contribution in [0.5, 0.6) is 0 Å². The Morgan fingerprint density at radius 3 is 1.15 bits per heavy atom. The fourth-order valence-electron chi connectivity index (χ4n) is 3.17. The van der Waals surface area contributed by atoms with E-state index in [2.05, 4.69) is 215 Å². The predicted octanol–water partition coefficient (Wildman–Crippen LogP) is 19.3. The number of aliphatic hydroxyl groups excluding tert-OH is 1. The van der Waals surface area contributed by atoms with Crippen LogP contribution in [0.4, 0.5) is 0 Å². The van der Waals surface area contributed by atoms with Gasteiger partial charge >= 0.3 is 0 Å². The quantitative estimate of drug-likeness (QED) is 0.194. The fourth-order valence-corrected chi connectivity index (χ4v) is 3.57. The number of aryl methyl sites for hydroxylation is 4. The summed E-state index contributed by atoms with van der Waals surface area (Å²) in [5.74, 6) is 3.91. The van der Waals surface area contributed by atoms with Crippen LogP contribution in [-0.2, 0) is 19.3 Å². The number of rotatable bonds is 7. The van der Waals surface area contributed by atoms with Gasteiger partial charge in [-0.05, 0) is 99.0 Å². The summed E-state index contributed by atoms with van der Waals surface area (Å²) in [5.41, 5.74) is 6.81. The van der Waals surface area contributed by atoms with Gasteiger partial charge in [-0.3, -0.25) is 0 Å². The Labute approximate surface area is 378 Å². The van der Waals surface area contributed by atoms with Gasteiger partial charge in [0.15, 0.2) is 0 Å². The summed E-state index contributed by atoms with van der Waals surface area (Å²) in [7, 11) is 0. The van der Waals surface area contributed by atoms with Crippen molar-refractivity contribution < 1.29 is 5.11 Å². The molecule has 0 aliphatic rings. The van der Waals surface area contributed by atoms with Gasteiger partial charge in [-0.1, -0.05) is 236 Å². The maximum absolute atomic E-state index is 8.06. The molecule has 59 heavy (non-hydrogen) atoms. The maximum atomic E-state index is 8.06. The van der Waals surface area contributed by atoms with Crippen molar-refractivity contribution in [3.8, 4) is 0 Å². The van der Waals surface area contributed by atoms with Crippen molar-refractivity contribution in [3.63, 3.8) is 0 Å². The topological polar surface area (TPSA) is 36.0 Å². The number of fused-ring (bicyclic) bond motifs is 1. The van der Waals surface area contributed by atoms with E-state index >= 15 is 0 Å². The van der Waals surface area contributed by atoms with Crippen molar-refractivity contribution in [1.82, 2.24) is 4.98 Å². The SMILES string of the molecule is CC.CC(C)C.CC(C)O.CCC.CCC.CCC(C)C.CCC(C)C.CCCSC.CCc1c[nH]c2ccccc12.CCc1ccc(C)cc1.CCc1ccccc1. The van der Waals surface area contributed by atoms with Gasteiger partial charge in [0.2, 0.25) is 0 Å². The van der Waals surface area contributed by atoms with Crippen LogP contribution in [0, 0.1) is 24.7 Å². The molecule has 2 nitrogen and oxygen atoms in total. The summed E-state index contributed by atoms with van der Waals surface area (Å²) in [5, 5.41) is 9.41. The smallest absolute Gasteiger partial charge is 0.0483 e. The molecule has 0 aliphatic carbocycles. The normalized spacial score (nSPS) is 8.95. The lowest BCUT2D eigenvalue weighted by atomic mass is 10.1. The van der Waals surface area contributed by atoms with Crippen molar-refractivity contribution in [2.24, 2.45) is 17.8 Å². The largest absolute Gasteiger partial charge is 0.394 e. The van der Waals surface area contributed by atoms with Crippen molar-refractivity contribution in [2.75, 3.05) is 12.0 Å². The molecule has 0 radical (unpaired) electrons. The Kier molecular flexibility index (Phi) is 72.0. The lowest BCUT2D eigenvalue weighted by molar-refractivity contribution is 0.216. The summed E-state index contributed by atoms with van der Waals surface area (Å²) in [6, 6.07) is 27.5. The van der Waals surface area contributed by atoms with Gasteiger partial charge in [0, 0.05) is 23.2 Å². The second-order valence-electron chi connectivity index (χ2n) is 15.7. The Morgan fingerprint density at radius 2 is 0.881 bits per heavy atom. The van der Waals surface area contributed by atoms with Crippen molar-refractivity contribution in [2.45, 2.75) is 210 Å². The molecule has 0 fully saturated rings. The fraction of sp³-hybridized carbons (Fsp3) is 0.643. The van der Waals surface area contributed by atoms with Gasteiger partial charge in [0.05, 0.1) is 0 Å². The molecule has 0 bridgehead atoms. The molecular formula is C56H107NOS. The van der Waals surface area contributed by atoms with Crippen LogP contribution in [0.3, 0.4) is 0 Å². The third-order valence-corrected chi connectivity index (χ3v) is 7.69. The lowest BCUT2D eigenvalue weighted by Gasteiger charge is -1.94. The van der Waals surface area contributed by atoms with E-state index in [1.807, 2.05) is 31.7 Å². The van der Waals surface area contributed by atoms with Gasteiger partial charge in [-0.15, -0.1) is 0 Å². The molecule has 0 aliphatic heterocycles. The predicted molar refractivity (Wildman–Crippen MR) is 284 cm³/mol. The zero-order chi connectivity index (χ0) is 47.5. The Morgan fingerprint density at radius 1 is 0.542 bits per heavy atom. The van der Waals surface area contributed by atoms with Crippen molar-refractivity contribution in [3.05, 3.63) is 107 Å². The highest BCUT2D eigenvalue weighted by atomic mass is 32.2. The molecule has 4 aromatic rings. The minimum absolute atomic E-state index is 0.167. The first-order valence-corrected chi connectivity index (χ1v) is 25.1. The lowest BCUT2D eigenvalue weighted by Crippen LogP contribution is -1.85. The highest BCUT2D eigenvalue weighted by Crippen LogP contribution is 2.17. The molecule has 0 amide bonds. The number of aromatic nitrogens is 1. The van der Waals surface area contributed by atoms with Crippen LogP contribution >= 0.6 is 11.8 Å². The van der Waals surface area contributed by atoms with Crippen LogP contribution in [0.15, 0.2) is 85.1 Å². The first-order chi connectivity index (χ1) is 27.9. The van der Waals surface area contributed by atoms with Crippen LogP contribution in [0.1, 0.15) is 200 Å². The second kappa shape index (κ2) is 59.8. The van der Waals surface area contributed by atoms with E-state index in [4.69, 9.17) is 5.11 Å². The molecule has 348 valence electrons. The third-order valence-electron chi connectivity index (χ3n) is 6.88. The van der Waals surface area contributed by atoms with Crippen molar-refractivity contribution >= 4 is 22.7 Å². The van der Waals surface area contributed by atoms with E-state index < -0.39 is 0 Å². The summed E-state index contributed by atoms with van der Waals surface area (Å²) in [4.78, 5) is 3.24. The standard InChI is InChI=1S/C10H11N.C9H12.C8H10.2C5H12.C4H10S.C4H10.C3H8O.2C3H8.C2H6/c1-2-8-7-11-10-6-4-3-5-9(8)10;1-3-9-6-4-8(2)5-7-9;1-2-8-6-4-3-5-7-8;2*1-4-5(2)3;1-3-4-5-2;1-4(2)3;1-3(2)4;2*1-3-2;1-2/h3-7,11H,2H2,1H3;4-7H,3H2,1-2H3;3-7H,2H2,1H3;2*5H,4H2,1-3H3;3-4H2,1-2H3;4H,1-3H3;3-4H,1-2H3;2*3H2,1-2H3;1-2H3. The molecule has 0 spiro atoms. The van der Waals surface area contributed by atoms with Crippen LogP contribution in [-0.4, -0.2) is 28.2 Å². The highest BCUT2D eigenvalue weighted by Gasteiger charge is 1.98. The third kappa shape index (κ3) is 70.4. The molecule has 0 saturated carbocycles. The van der Waals surface area contributed by atoms with Crippen LogP contribution in [0.2, 0.25) is 0 Å². The van der Waals surface area contributed by atoms with Crippen LogP contribution < -0.4 is 0 Å². The van der Waals surface area contributed by atoms with E-state index in [1.54, 1.807) is 13.8 Å². The average molecular weight is 843 g/mol. The molecule has 0 atom stereocenters. The molecule has 3 heteroatoms. The minimum atomic E-state index is -0.167. The number of aliphatic hydroxyl groups is 1. The number of hydrogen-bond donors (Lipinski definition) is 2. The number of thioether (sulfide) groups is 1. The summed E-state index contributed by atoms with van der Waals surface area (Å²) < 4.78 is 0. The van der Waals surface area contributed by atoms with Gasteiger partial charge < -0.3 is 10.1 Å². The first-order valence-electron chi connectivity index (χ1n) is 23.7. The van der Waals surface area contributed by atoms with Gasteiger partial charge in [0.25, 0.3) is 0 Å². The zero-order valence-electron chi connectivity index (χ0n) is 44.1. The average Bonchev–Trinajstić information content (AvgIpc) is 3.64. The number of benzene rings is 3. The second-order valence-corrected chi connectivity index (χ2v) is 16.7. The molecule has 2 N–H and O–H groups in total. The Hall–Kier alpha value is -2.49. The van der Waals surface area contributed by atoms with Gasteiger partial charge in [-0.25, -0.2) is 0 Å². The molecule has 3 aromatic carbocycles. The first kappa shape index (κ1) is 71.0. The number of hydrogen-bond acceptors (Lipinski definition) is 2. The summed E-state index contributed by atoms with van der Waals surface area (Å²) in [6.45, 7) is 46.5. The monoisotopic (exact) mass is 842 g/mol. The molecule has 1 heterocycles. The van der Waals surface area contributed by atoms with Gasteiger partial charge in [-0.2, -0.15) is 11.8 Å². The number of aromatic amines is 1. The van der Waals surface area contributed by atoms with E-state index in [-0.39, 0.29) is 6.10 Å². The van der Waals surface area contributed by atoms with E-state index in [0.717, 1.165) is 37.0 Å². The number of para-hydroxylation sites is 1. The van der Waals surface area contributed by atoms with Crippen LogP contribution in [0.25, 0.3) is 10.9 Å². The molecule has 4 rings (SSSR count). The summed E-state index contributed by atoms with van der Waals surface area (Å²) in [6.07, 6.45) is 13.8. The minimum Gasteiger partial charge on any atom is -0.394 e. The Balaban J connectivity index is -0.000000105. The Bertz CT molecular complexity index is 1200. The number of nitrogens with one attached hydrogen (secondary N) is 1. The number of H-pyrrole nitrogens is 1.